The number of phosphoric ester groups is 1. The molecular weight excluding hydrogens is 845 g/mol. The summed E-state index contributed by atoms with van der Waals surface area (Å²) in [5.41, 5.74) is 5.33. The normalized spacial score (nSPS) is 21.0. The highest BCUT2D eigenvalue weighted by Crippen LogP contribution is 2.43. The molecule has 1 fully saturated rings. The van der Waals surface area contributed by atoms with Gasteiger partial charge in [-0.05, 0) is 70.6 Å². The van der Waals surface area contributed by atoms with Gasteiger partial charge < -0.3 is 45.3 Å². The molecule has 0 bridgehead atoms. The minimum atomic E-state index is -4.82. The summed E-state index contributed by atoms with van der Waals surface area (Å²) in [6.07, 6.45) is 38.2. The second-order valence-electron chi connectivity index (χ2n) is 15.3. The van der Waals surface area contributed by atoms with Crippen LogP contribution in [0, 0.1) is 5.92 Å². The van der Waals surface area contributed by atoms with Crippen LogP contribution in [0.2, 0.25) is 0 Å². The average molecular weight is 922 g/mol. The fourth-order valence-corrected chi connectivity index (χ4v) is 6.79. The summed E-state index contributed by atoms with van der Waals surface area (Å²) in [6.45, 7) is 2.21. The molecular formula is C48H76NO14P. The number of carbonyl (C=O) groups excluding carboxylic acids is 2. The van der Waals surface area contributed by atoms with Crippen LogP contribution in [0.4, 0.5) is 0 Å². The molecule has 1 aliphatic rings. The molecule has 1 aliphatic heterocycles. The maximum atomic E-state index is 12.8. The van der Waals surface area contributed by atoms with Gasteiger partial charge >= 0.3 is 25.7 Å². The molecule has 1 saturated heterocycles. The van der Waals surface area contributed by atoms with E-state index in [9.17, 15) is 39.2 Å². The standard InChI is InChI=1S/C48H76NO14P/c1-3-5-7-8-9-10-11-12-13-14-15-16-17-18-19-20-21-22-27-31-45(52)59-36-40(37-60-64(57,58)61-38-42(49)48(55)56)62-46(53)32-28-24-23-26-30-41-43(51)35-47(54)63-44(41)34-33-39(50)29-25-6-4-2/h5,7,9-10,12-13,15-16,18-19,21-23,26,33-34,39-44,47,50-51,54H,3-4,6,8,11,14,17,20,24-25,27-32,35-38,49H2,1-2H3,(H,55,56)(H,57,58)/b7-5-,10-9-,13-12-,16-15-,19-18-,22-21-,26-23-,34-33+/t39-,40+,41-,42-,43-,44+,47?/m0/s1. The summed E-state index contributed by atoms with van der Waals surface area (Å²) >= 11 is 0. The van der Waals surface area contributed by atoms with E-state index in [2.05, 4.69) is 73.1 Å². The second-order valence-corrected chi connectivity index (χ2v) is 16.8. The molecule has 1 rings (SSSR count). The predicted molar refractivity (Wildman–Crippen MR) is 248 cm³/mol. The summed E-state index contributed by atoms with van der Waals surface area (Å²) in [5, 5.41) is 39.9. The van der Waals surface area contributed by atoms with Gasteiger partial charge in [0.1, 0.15) is 12.6 Å². The van der Waals surface area contributed by atoms with Crippen molar-refractivity contribution < 1.29 is 67.5 Å². The Morgan fingerprint density at radius 3 is 1.92 bits per heavy atom. The first-order valence-corrected chi connectivity index (χ1v) is 24.2. The van der Waals surface area contributed by atoms with E-state index in [1.807, 2.05) is 30.4 Å². The number of allylic oxidation sites excluding steroid dienone is 14. The van der Waals surface area contributed by atoms with E-state index < -0.39 is 82.3 Å². The zero-order valence-corrected chi connectivity index (χ0v) is 38.8. The van der Waals surface area contributed by atoms with Crippen LogP contribution in [0.5, 0.6) is 0 Å². The van der Waals surface area contributed by atoms with Gasteiger partial charge in [-0.15, -0.1) is 0 Å². The van der Waals surface area contributed by atoms with Crippen LogP contribution in [0.25, 0.3) is 0 Å². The quantitative estimate of drug-likeness (QED) is 0.0150. The average Bonchev–Trinajstić information content (AvgIpc) is 3.25. The highest BCUT2D eigenvalue weighted by molar-refractivity contribution is 7.47. The number of esters is 2. The molecule has 64 heavy (non-hydrogen) atoms. The largest absolute Gasteiger partial charge is 0.480 e. The molecule has 1 heterocycles. The molecule has 0 spiro atoms. The molecule has 0 aliphatic carbocycles. The molecule has 362 valence electrons. The summed E-state index contributed by atoms with van der Waals surface area (Å²) in [5.74, 6) is -3.09. The lowest BCUT2D eigenvalue weighted by Gasteiger charge is -2.36. The molecule has 0 aromatic rings. The number of hydrogen-bond donors (Lipinski definition) is 6. The van der Waals surface area contributed by atoms with E-state index in [0.29, 0.717) is 38.5 Å². The Hall–Kier alpha value is -3.76. The lowest BCUT2D eigenvalue weighted by Crippen LogP contribution is -2.43. The van der Waals surface area contributed by atoms with Crippen LogP contribution in [0.15, 0.2) is 97.2 Å². The maximum Gasteiger partial charge on any atom is 0.472 e. The maximum absolute atomic E-state index is 12.8. The number of nitrogens with two attached hydrogens (primary N) is 1. The van der Waals surface area contributed by atoms with Crippen molar-refractivity contribution in [3.63, 3.8) is 0 Å². The van der Waals surface area contributed by atoms with E-state index in [1.165, 1.54) is 0 Å². The number of aliphatic hydroxyl groups excluding tert-OH is 3. The molecule has 0 amide bonds. The summed E-state index contributed by atoms with van der Waals surface area (Å²) in [4.78, 5) is 46.2. The van der Waals surface area contributed by atoms with E-state index in [4.69, 9.17) is 29.6 Å². The van der Waals surface area contributed by atoms with E-state index in [-0.39, 0.29) is 25.2 Å². The van der Waals surface area contributed by atoms with Crippen molar-refractivity contribution in [3.05, 3.63) is 97.2 Å². The summed E-state index contributed by atoms with van der Waals surface area (Å²) in [6, 6.07) is -1.58. The van der Waals surface area contributed by atoms with Gasteiger partial charge in [0, 0.05) is 25.2 Å². The molecule has 0 aromatic carbocycles. The number of aliphatic carboxylic acids is 1. The van der Waals surface area contributed by atoms with Gasteiger partial charge in [-0.25, -0.2) is 4.57 Å². The SMILES string of the molecule is CC/C=C\C/C=C\C/C=C\C/C=C\C/C=C\C/C=C\CCC(=O)OC[C@H](COP(=O)(O)OC[C@H](N)C(=O)O)OC(=O)CCC/C=C\C[C@H]1[C@@H](O)CC(O)O[C@@H]1/C=C/[C@@H](O)CCCCC. The third kappa shape index (κ3) is 32.0. The molecule has 0 aromatic heterocycles. The molecule has 7 N–H and O–H groups in total. The number of carbonyl (C=O) groups is 3. The van der Waals surface area contributed by atoms with Gasteiger partial charge in [0.25, 0.3) is 0 Å². The third-order valence-electron chi connectivity index (χ3n) is 9.62. The lowest BCUT2D eigenvalue weighted by molar-refractivity contribution is -0.199. The number of rotatable bonds is 36. The molecule has 2 unspecified atom stereocenters. The van der Waals surface area contributed by atoms with E-state index in [1.54, 1.807) is 12.2 Å². The Morgan fingerprint density at radius 1 is 0.750 bits per heavy atom. The highest BCUT2D eigenvalue weighted by atomic mass is 31.2. The number of carboxylic acid groups (broad SMARTS) is 1. The first-order valence-electron chi connectivity index (χ1n) is 22.7. The van der Waals surface area contributed by atoms with Crippen LogP contribution in [-0.2, 0) is 42.2 Å². The van der Waals surface area contributed by atoms with Gasteiger partial charge in [-0.1, -0.05) is 130 Å². The topological polar surface area (TPSA) is 242 Å². The number of phosphoric acid groups is 1. The Balaban J connectivity index is 2.58. The number of aliphatic hydroxyl groups is 3. The fourth-order valence-electron chi connectivity index (χ4n) is 6.01. The number of ether oxygens (including phenoxy) is 3. The van der Waals surface area contributed by atoms with Gasteiger partial charge in [0.05, 0.1) is 31.5 Å². The van der Waals surface area contributed by atoms with E-state index >= 15 is 0 Å². The van der Waals surface area contributed by atoms with Crippen molar-refractivity contribution in [2.24, 2.45) is 11.7 Å². The first kappa shape index (κ1) is 58.3. The van der Waals surface area contributed by atoms with Crippen molar-refractivity contribution in [3.8, 4) is 0 Å². The monoisotopic (exact) mass is 922 g/mol. The Kier molecular flexibility index (Phi) is 34.1. The van der Waals surface area contributed by atoms with Crippen LogP contribution in [-0.4, -0.2) is 99.8 Å². The van der Waals surface area contributed by atoms with E-state index in [0.717, 1.165) is 51.4 Å². The van der Waals surface area contributed by atoms with Crippen molar-refractivity contribution in [1.82, 2.24) is 0 Å². The molecule has 8 atom stereocenters. The fraction of sp³-hybridized carbons (Fsp3) is 0.604. The highest BCUT2D eigenvalue weighted by Gasteiger charge is 2.35. The van der Waals surface area contributed by atoms with Crippen LogP contribution < -0.4 is 5.73 Å². The number of unbranched alkanes of at least 4 members (excludes halogenated alkanes) is 3. The minimum absolute atomic E-state index is 0.0351. The Bertz CT molecular complexity index is 1570. The first-order chi connectivity index (χ1) is 30.8. The third-order valence-corrected chi connectivity index (χ3v) is 10.6. The van der Waals surface area contributed by atoms with Crippen molar-refractivity contribution in [1.29, 1.82) is 0 Å². The van der Waals surface area contributed by atoms with Crippen molar-refractivity contribution in [2.75, 3.05) is 19.8 Å². The van der Waals surface area contributed by atoms with Crippen LogP contribution in [0.3, 0.4) is 0 Å². The van der Waals surface area contributed by atoms with Crippen molar-refractivity contribution in [2.45, 2.75) is 160 Å². The predicted octanol–water partition coefficient (Wildman–Crippen LogP) is 8.16. The summed E-state index contributed by atoms with van der Waals surface area (Å²) < 4.78 is 38.3. The smallest absolute Gasteiger partial charge is 0.472 e. The number of carboxylic acids is 1. The zero-order chi connectivity index (χ0) is 47.3. The lowest BCUT2D eigenvalue weighted by atomic mass is 9.87. The zero-order valence-electron chi connectivity index (χ0n) is 37.9. The van der Waals surface area contributed by atoms with Gasteiger partial charge in [-0.3, -0.25) is 23.4 Å². The molecule has 16 heteroatoms. The Morgan fingerprint density at radius 2 is 1.33 bits per heavy atom. The summed E-state index contributed by atoms with van der Waals surface area (Å²) in [7, 11) is -4.82. The van der Waals surface area contributed by atoms with Crippen molar-refractivity contribution >= 4 is 25.7 Å². The second kappa shape index (κ2) is 37.5. The molecule has 15 nitrogen and oxygen atoms in total. The molecule has 0 saturated carbocycles. The van der Waals surface area contributed by atoms with Crippen LogP contribution >= 0.6 is 7.82 Å². The van der Waals surface area contributed by atoms with Gasteiger partial charge in [-0.2, -0.15) is 0 Å². The minimum Gasteiger partial charge on any atom is -0.480 e. The molecule has 0 radical (unpaired) electrons. The number of hydrogen-bond acceptors (Lipinski definition) is 13. The van der Waals surface area contributed by atoms with Crippen LogP contribution in [0.1, 0.15) is 123 Å². The Labute approximate surface area is 380 Å². The van der Waals surface area contributed by atoms with Gasteiger partial charge in [0.2, 0.25) is 0 Å². The van der Waals surface area contributed by atoms with Gasteiger partial charge in [0.15, 0.2) is 12.4 Å².